The predicted octanol–water partition coefficient (Wildman–Crippen LogP) is 3.67. The number of benzene rings is 2. The van der Waals surface area contributed by atoms with Crippen molar-refractivity contribution in [1.82, 2.24) is 20.2 Å². The van der Waals surface area contributed by atoms with E-state index in [9.17, 15) is 9.18 Å². The van der Waals surface area contributed by atoms with Crippen LogP contribution in [0.15, 0.2) is 29.2 Å². The quantitative estimate of drug-likeness (QED) is 0.551. The fourth-order valence-electron chi connectivity index (χ4n) is 3.32. The molecule has 0 aliphatic rings. The number of nitriles is 1. The summed E-state index contributed by atoms with van der Waals surface area (Å²) in [4.78, 5) is 21.8. The molecule has 0 saturated heterocycles. The van der Waals surface area contributed by atoms with Gasteiger partial charge in [0, 0.05) is 34.2 Å². The summed E-state index contributed by atoms with van der Waals surface area (Å²) in [5.74, 6) is 0.195. The SMILES string of the molecule is CC(C)(CCC#N)c1nc2c3ccc(F)cc3c3c(=O)[nH][nH]cc3c2n1. The van der Waals surface area contributed by atoms with Gasteiger partial charge in [-0.25, -0.2) is 14.4 Å². The van der Waals surface area contributed by atoms with E-state index in [0.29, 0.717) is 51.2 Å². The van der Waals surface area contributed by atoms with Crippen LogP contribution in [0.1, 0.15) is 32.5 Å². The van der Waals surface area contributed by atoms with Crippen LogP contribution in [-0.4, -0.2) is 20.2 Å². The zero-order valence-electron chi connectivity index (χ0n) is 14.4. The van der Waals surface area contributed by atoms with Crippen molar-refractivity contribution in [2.75, 3.05) is 0 Å². The summed E-state index contributed by atoms with van der Waals surface area (Å²) in [6, 6.07) is 6.48. The lowest BCUT2D eigenvalue weighted by atomic mass is 9.87. The van der Waals surface area contributed by atoms with Crippen LogP contribution < -0.4 is 5.56 Å². The maximum atomic E-state index is 13.8. The van der Waals surface area contributed by atoms with Gasteiger partial charge in [0.05, 0.1) is 17.0 Å². The fraction of sp³-hybridized carbons (Fsp3) is 0.263. The van der Waals surface area contributed by atoms with E-state index in [1.54, 1.807) is 12.3 Å². The van der Waals surface area contributed by atoms with Crippen LogP contribution in [-0.2, 0) is 5.41 Å². The van der Waals surface area contributed by atoms with Crippen LogP contribution in [0.3, 0.4) is 0 Å². The molecule has 0 atom stereocenters. The van der Waals surface area contributed by atoms with E-state index >= 15 is 0 Å². The second kappa shape index (κ2) is 5.63. The Balaban J connectivity index is 2.15. The number of rotatable bonds is 3. The van der Waals surface area contributed by atoms with Gasteiger partial charge in [0.2, 0.25) is 0 Å². The smallest absolute Gasteiger partial charge is 0.270 e. The minimum Gasteiger partial charge on any atom is -0.305 e. The van der Waals surface area contributed by atoms with Gasteiger partial charge in [-0.2, -0.15) is 5.26 Å². The molecule has 0 radical (unpaired) electrons. The van der Waals surface area contributed by atoms with Crippen molar-refractivity contribution in [2.45, 2.75) is 32.1 Å². The van der Waals surface area contributed by atoms with Gasteiger partial charge in [0.25, 0.3) is 5.56 Å². The molecular weight excluding hydrogens is 333 g/mol. The number of hydrogen-bond acceptors (Lipinski definition) is 4. The van der Waals surface area contributed by atoms with Crippen LogP contribution in [0.25, 0.3) is 32.6 Å². The van der Waals surface area contributed by atoms with E-state index in [0.717, 1.165) is 0 Å². The third-order valence-electron chi connectivity index (χ3n) is 4.79. The Morgan fingerprint density at radius 1 is 1.19 bits per heavy atom. The van der Waals surface area contributed by atoms with Gasteiger partial charge < -0.3 is 5.10 Å². The normalized spacial score (nSPS) is 12.1. The number of halogens is 1. The first kappa shape index (κ1) is 16.2. The summed E-state index contributed by atoms with van der Waals surface area (Å²) in [6.07, 6.45) is 2.67. The lowest BCUT2D eigenvalue weighted by Crippen LogP contribution is -2.18. The molecule has 2 aromatic carbocycles. The van der Waals surface area contributed by atoms with Gasteiger partial charge in [-0.15, -0.1) is 0 Å². The van der Waals surface area contributed by atoms with E-state index < -0.39 is 11.2 Å². The topological polar surface area (TPSA) is 98.2 Å². The number of aromatic nitrogens is 4. The highest BCUT2D eigenvalue weighted by Crippen LogP contribution is 2.35. The first-order valence-corrected chi connectivity index (χ1v) is 8.28. The zero-order valence-corrected chi connectivity index (χ0v) is 14.4. The number of nitrogens with one attached hydrogen (secondary N) is 2. The minimum absolute atomic E-state index is 0.340. The summed E-state index contributed by atoms with van der Waals surface area (Å²) in [6.45, 7) is 3.98. The third kappa shape index (κ3) is 2.34. The van der Waals surface area contributed by atoms with Crippen molar-refractivity contribution >= 4 is 32.6 Å². The van der Waals surface area contributed by atoms with Crippen LogP contribution >= 0.6 is 0 Å². The Labute approximate surface area is 147 Å². The molecular formula is C19H16FN5O. The Bertz CT molecular complexity index is 1260. The molecule has 4 rings (SSSR count). The maximum absolute atomic E-state index is 13.8. The van der Waals surface area contributed by atoms with Crippen molar-refractivity contribution in [2.24, 2.45) is 0 Å². The monoisotopic (exact) mass is 349 g/mol. The molecule has 2 aromatic heterocycles. The molecule has 0 saturated carbocycles. The molecule has 2 heterocycles. The molecule has 0 unspecified atom stereocenters. The molecule has 130 valence electrons. The molecule has 7 heteroatoms. The molecule has 6 nitrogen and oxygen atoms in total. The first-order valence-electron chi connectivity index (χ1n) is 8.28. The van der Waals surface area contributed by atoms with E-state index in [2.05, 4.69) is 16.3 Å². The molecule has 26 heavy (non-hydrogen) atoms. The van der Waals surface area contributed by atoms with E-state index in [4.69, 9.17) is 15.2 Å². The second-order valence-electron chi connectivity index (χ2n) is 7.01. The average Bonchev–Trinajstić information content (AvgIpc) is 3.06. The summed E-state index contributed by atoms with van der Waals surface area (Å²) < 4.78 is 13.8. The van der Waals surface area contributed by atoms with Crippen LogP contribution in [0.4, 0.5) is 4.39 Å². The molecule has 0 amide bonds. The van der Waals surface area contributed by atoms with Crippen molar-refractivity contribution in [3.8, 4) is 6.07 Å². The Morgan fingerprint density at radius 3 is 2.65 bits per heavy atom. The highest BCUT2D eigenvalue weighted by Gasteiger charge is 2.27. The summed E-state index contributed by atoms with van der Waals surface area (Å²) >= 11 is 0. The van der Waals surface area contributed by atoms with Gasteiger partial charge >= 0.3 is 0 Å². The van der Waals surface area contributed by atoms with Crippen molar-refractivity contribution in [1.29, 1.82) is 5.26 Å². The number of hydrogen-bond donors (Lipinski definition) is 2. The summed E-state index contributed by atoms with van der Waals surface area (Å²) in [5, 5.41) is 16.3. The molecule has 0 aliphatic heterocycles. The van der Waals surface area contributed by atoms with Crippen molar-refractivity contribution < 1.29 is 4.39 Å². The van der Waals surface area contributed by atoms with Crippen molar-refractivity contribution in [3.05, 3.63) is 46.4 Å². The number of imidazole rings is 1. The van der Waals surface area contributed by atoms with Gasteiger partial charge in [-0.1, -0.05) is 13.8 Å². The molecule has 0 fully saturated rings. The lowest BCUT2D eigenvalue weighted by molar-refractivity contribution is 0.462. The Hall–Kier alpha value is -3.27. The van der Waals surface area contributed by atoms with Crippen LogP contribution in [0.2, 0.25) is 0 Å². The second-order valence-corrected chi connectivity index (χ2v) is 7.01. The lowest BCUT2D eigenvalue weighted by Gasteiger charge is -2.19. The molecule has 2 N–H and O–H groups in total. The molecule has 0 aliphatic carbocycles. The zero-order chi connectivity index (χ0) is 18.5. The van der Waals surface area contributed by atoms with Crippen LogP contribution in [0.5, 0.6) is 0 Å². The minimum atomic E-state index is -0.417. The van der Waals surface area contributed by atoms with Gasteiger partial charge in [0.15, 0.2) is 0 Å². The van der Waals surface area contributed by atoms with E-state index in [1.807, 2.05) is 13.8 Å². The number of fused-ring (bicyclic) bond motifs is 6. The van der Waals surface area contributed by atoms with Crippen LogP contribution in [0, 0.1) is 17.1 Å². The average molecular weight is 349 g/mol. The van der Waals surface area contributed by atoms with Gasteiger partial charge in [-0.05, 0) is 24.6 Å². The fourth-order valence-corrected chi connectivity index (χ4v) is 3.32. The highest BCUT2D eigenvalue weighted by molar-refractivity contribution is 6.22. The number of H-pyrrole nitrogens is 2. The Kier molecular flexibility index (Phi) is 3.51. The number of aromatic amines is 2. The summed E-state index contributed by atoms with van der Waals surface area (Å²) in [7, 11) is 0. The third-order valence-corrected chi connectivity index (χ3v) is 4.79. The summed E-state index contributed by atoms with van der Waals surface area (Å²) in [5.41, 5.74) is 0.500. The van der Waals surface area contributed by atoms with E-state index in [-0.39, 0.29) is 5.56 Å². The van der Waals surface area contributed by atoms with E-state index in [1.165, 1.54) is 12.1 Å². The highest BCUT2D eigenvalue weighted by atomic mass is 19.1. The largest absolute Gasteiger partial charge is 0.305 e. The standard InChI is InChI=1S/C19H16FN5O/c1-19(2,6-3-7-21)18-23-15-11-5-4-10(20)8-12(11)14-13(16(15)24-18)9-22-25-17(14)26/h4-5,8-9,22H,3,6H2,1-2H3,(H,25,26). The predicted molar refractivity (Wildman–Crippen MR) is 97.4 cm³/mol. The molecule has 4 aromatic rings. The maximum Gasteiger partial charge on any atom is 0.270 e. The number of nitrogens with zero attached hydrogens (tertiary/aromatic N) is 3. The molecule has 0 spiro atoms. The Morgan fingerprint density at radius 2 is 1.92 bits per heavy atom. The van der Waals surface area contributed by atoms with Crippen molar-refractivity contribution in [3.63, 3.8) is 0 Å². The first-order chi connectivity index (χ1) is 12.4. The molecule has 0 bridgehead atoms. The van der Waals surface area contributed by atoms with Gasteiger partial charge in [0.1, 0.15) is 17.2 Å². The van der Waals surface area contributed by atoms with Gasteiger partial charge in [-0.3, -0.25) is 9.89 Å².